The number of rotatable bonds is 13. The van der Waals surface area contributed by atoms with Crippen molar-refractivity contribution >= 4 is 36.3 Å². The number of imidazole rings is 1. The van der Waals surface area contributed by atoms with Crippen molar-refractivity contribution in [2.45, 2.75) is 64.7 Å². The van der Waals surface area contributed by atoms with Crippen LogP contribution in [0.5, 0.6) is 0 Å². The highest BCUT2D eigenvalue weighted by Gasteiger charge is 2.31. The van der Waals surface area contributed by atoms with E-state index >= 15 is 0 Å². The minimum absolute atomic E-state index is 0.0561. The third-order valence-electron chi connectivity index (χ3n) is 4.72. The molecule has 11 nitrogen and oxygen atoms in total. The summed E-state index contributed by atoms with van der Waals surface area (Å²) in [5.74, 6) is -3.12. The lowest BCUT2D eigenvalue weighted by atomic mass is 10.0. The standard InChI is InChI=1S/C20H34N6O5S/c1-10(2)5-14(24-17(27)13(21)8-32)18(28)25-15(6-12-7-22-9-23-12)19(29)26-16(11(3)4)20(30)31/h7,9-11,13-16,32H,5-6,8,21H2,1-4H3,(H,22,23)(H,24,27)(H,25,28)(H,26,29)(H,30,31). The number of hydrogen-bond donors (Lipinski definition) is 7. The van der Waals surface area contributed by atoms with E-state index in [0.29, 0.717) is 12.1 Å². The van der Waals surface area contributed by atoms with E-state index in [4.69, 9.17) is 5.73 Å². The number of H-pyrrole nitrogens is 1. The van der Waals surface area contributed by atoms with Gasteiger partial charge in [0.1, 0.15) is 18.1 Å². The second kappa shape index (κ2) is 13.1. The van der Waals surface area contributed by atoms with Gasteiger partial charge in [0.25, 0.3) is 0 Å². The molecule has 4 atom stereocenters. The summed E-state index contributed by atoms with van der Waals surface area (Å²) in [6.07, 6.45) is 3.31. The molecule has 3 amide bonds. The number of nitrogens with one attached hydrogen (secondary N) is 4. The summed E-state index contributed by atoms with van der Waals surface area (Å²) in [4.78, 5) is 56.4. The van der Waals surface area contributed by atoms with Crippen molar-refractivity contribution < 1.29 is 24.3 Å². The van der Waals surface area contributed by atoms with E-state index < -0.39 is 47.9 Å². The van der Waals surface area contributed by atoms with Gasteiger partial charge in [0, 0.05) is 24.1 Å². The average molecular weight is 471 g/mol. The third kappa shape index (κ3) is 8.87. The van der Waals surface area contributed by atoms with Crippen LogP contribution in [0.4, 0.5) is 0 Å². The molecule has 0 aromatic carbocycles. The summed E-state index contributed by atoms with van der Waals surface area (Å²) in [5.41, 5.74) is 6.27. The van der Waals surface area contributed by atoms with E-state index in [9.17, 15) is 24.3 Å². The molecular formula is C20H34N6O5S. The molecule has 4 unspecified atom stereocenters. The van der Waals surface area contributed by atoms with Gasteiger partial charge < -0.3 is 31.8 Å². The van der Waals surface area contributed by atoms with Gasteiger partial charge in [0.05, 0.1) is 12.4 Å². The molecule has 7 N–H and O–H groups in total. The van der Waals surface area contributed by atoms with Gasteiger partial charge in [0.2, 0.25) is 17.7 Å². The molecule has 0 saturated carbocycles. The molecule has 0 aliphatic rings. The van der Waals surface area contributed by atoms with Crippen LogP contribution in [0.15, 0.2) is 12.5 Å². The van der Waals surface area contributed by atoms with Crippen LogP contribution in [-0.4, -0.2) is 68.7 Å². The predicted molar refractivity (Wildman–Crippen MR) is 122 cm³/mol. The Morgan fingerprint density at radius 3 is 2.12 bits per heavy atom. The summed E-state index contributed by atoms with van der Waals surface area (Å²) in [6.45, 7) is 7.11. The van der Waals surface area contributed by atoms with Crippen molar-refractivity contribution in [3.05, 3.63) is 18.2 Å². The maximum atomic E-state index is 13.0. The first-order valence-corrected chi connectivity index (χ1v) is 11.1. The molecule has 32 heavy (non-hydrogen) atoms. The van der Waals surface area contributed by atoms with Gasteiger partial charge >= 0.3 is 5.97 Å². The van der Waals surface area contributed by atoms with E-state index in [0.717, 1.165) is 0 Å². The minimum atomic E-state index is -1.18. The first-order valence-electron chi connectivity index (χ1n) is 10.4. The molecule has 0 aliphatic heterocycles. The SMILES string of the molecule is CC(C)CC(NC(=O)C(N)CS)C(=O)NC(Cc1cnc[nH]1)C(=O)NC(C(=O)O)C(C)C. The number of carboxylic acids is 1. The molecule has 180 valence electrons. The first kappa shape index (κ1) is 27.4. The smallest absolute Gasteiger partial charge is 0.326 e. The summed E-state index contributed by atoms with van der Waals surface area (Å²) in [7, 11) is 0. The van der Waals surface area contributed by atoms with Crippen molar-refractivity contribution in [3.8, 4) is 0 Å². The highest BCUT2D eigenvalue weighted by Crippen LogP contribution is 2.08. The number of aromatic amines is 1. The van der Waals surface area contributed by atoms with Crippen LogP contribution < -0.4 is 21.7 Å². The number of thiol groups is 1. The number of aliphatic carboxylic acids is 1. The van der Waals surface area contributed by atoms with E-state index in [1.54, 1.807) is 13.8 Å². The van der Waals surface area contributed by atoms with Crippen molar-refractivity contribution in [1.82, 2.24) is 25.9 Å². The molecule has 0 spiro atoms. The lowest BCUT2D eigenvalue weighted by molar-refractivity contribution is -0.143. The molecule has 0 radical (unpaired) electrons. The predicted octanol–water partition coefficient (Wildman–Crippen LogP) is -0.550. The molecule has 1 rings (SSSR count). The number of carbonyl (C=O) groups excluding carboxylic acids is 3. The van der Waals surface area contributed by atoms with E-state index in [2.05, 4.69) is 38.5 Å². The number of hydrogen-bond acceptors (Lipinski definition) is 7. The quantitative estimate of drug-likeness (QED) is 0.189. The maximum absolute atomic E-state index is 13.0. The molecule has 12 heteroatoms. The number of aromatic nitrogens is 2. The number of amides is 3. The fraction of sp³-hybridized carbons (Fsp3) is 0.650. The van der Waals surface area contributed by atoms with Crippen molar-refractivity contribution in [2.75, 3.05) is 5.75 Å². The van der Waals surface area contributed by atoms with Crippen LogP contribution in [0.1, 0.15) is 39.8 Å². The van der Waals surface area contributed by atoms with Crippen molar-refractivity contribution in [1.29, 1.82) is 0 Å². The number of carbonyl (C=O) groups is 4. The third-order valence-corrected chi connectivity index (χ3v) is 5.11. The molecular weight excluding hydrogens is 436 g/mol. The van der Waals surface area contributed by atoms with Crippen LogP contribution in [0.2, 0.25) is 0 Å². The first-order chi connectivity index (χ1) is 15.0. The van der Waals surface area contributed by atoms with E-state index in [1.165, 1.54) is 12.5 Å². The molecule has 1 heterocycles. The second-order valence-corrected chi connectivity index (χ2v) is 8.76. The van der Waals surface area contributed by atoms with E-state index in [-0.39, 0.29) is 24.0 Å². The summed E-state index contributed by atoms with van der Waals surface area (Å²) in [5, 5.41) is 17.1. The number of carboxylic acid groups (broad SMARTS) is 1. The van der Waals surface area contributed by atoms with Crippen LogP contribution in [-0.2, 0) is 25.6 Å². The molecule has 0 aliphatic carbocycles. The molecule has 1 aromatic rings. The van der Waals surface area contributed by atoms with Gasteiger partial charge in [-0.3, -0.25) is 14.4 Å². The lowest BCUT2D eigenvalue weighted by Gasteiger charge is -2.26. The van der Waals surface area contributed by atoms with Gasteiger partial charge in [-0.15, -0.1) is 0 Å². The Bertz CT molecular complexity index is 771. The van der Waals surface area contributed by atoms with Gasteiger partial charge in [-0.1, -0.05) is 27.7 Å². The zero-order valence-corrected chi connectivity index (χ0v) is 19.7. The highest BCUT2D eigenvalue weighted by molar-refractivity contribution is 7.80. The van der Waals surface area contributed by atoms with Gasteiger partial charge in [0.15, 0.2) is 0 Å². The Balaban J connectivity index is 3.06. The van der Waals surface area contributed by atoms with E-state index in [1.807, 2.05) is 13.8 Å². The molecule has 0 fully saturated rings. The zero-order chi connectivity index (χ0) is 24.4. The lowest BCUT2D eigenvalue weighted by Crippen LogP contribution is -2.58. The summed E-state index contributed by atoms with van der Waals surface area (Å²) in [6, 6.07) is -4.02. The number of nitrogens with two attached hydrogens (primary N) is 1. The Labute approximate surface area is 193 Å². The van der Waals surface area contributed by atoms with Crippen molar-refractivity contribution in [3.63, 3.8) is 0 Å². The highest BCUT2D eigenvalue weighted by atomic mass is 32.1. The zero-order valence-electron chi connectivity index (χ0n) is 18.8. The summed E-state index contributed by atoms with van der Waals surface area (Å²) >= 11 is 4.00. The topological polar surface area (TPSA) is 179 Å². The van der Waals surface area contributed by atoms with Gasteiger partial charge in [-0.05, 0) is 18.3 Å². The molecule has 0 saturated heterocycles. The fourth-order valence-corrected chi connectivity index (χ4v) is 3.10. The molecule has 0 bridgehead atoms. The Morgan fingerprint density at radius 1 is 1.06 bits per heavy atom. The minimum Gasteiger partial charge on any atom is -0.480 e. The normalized spacial score (nSPS) is 15.0. The van der Waals surface area contributed by atoms with Crippen LogP contribution in [0.3, 0.4) is 0 Å². The Morgan fingerprint density at radius 2 is 1.66 bits per heavy atom. The second-order valence-electron chi connectivity index (χ2n) is 8.39. The van der Waals surface area contributed by atoms with Gasteiger partial charge in [-0.2, -0.15) is 12.6 Å². The Hall–Kier alpha value is -2.60. The largest absolute Gasteiger partial charge is 0.480 e. The fourth-order valence-electron chi connectivity index (χ4n) is 2.93. The van der Waals surface area contributed by atoms with Crippen LogP contribution in [0.25, 0.3) is 0 Å². The number of nitrogens with zero attached hydrogens (tertiary/aromatic N) is 1. The monoisotopic (exact) mass is 470 g/mol. The van der Waals surface area contributed by atoms with Crippen LogP contribution >= 0.6 is 12.6 Å². The average Bonchev–Trinajstić information content (AvgIpc) is 3.22. The van der Waals surface area contributed by atoms with Crippen LogP contribution in [0, 0.1) is 11.8 Å². The molecule has 1 aromatic heterocycles. The van der Waals surface area contributed by atoms with Crippen molar-refractivity contribution in [2.24, 2.45) is 17.6 Å². The Kier molecular flexibility index (Phi) is 11.2. The maximum Gasteiger partial charge on any atom is 0.326 e. The summed E-state index contributed by atoms with van der Waals surface area (Å²) < 4.78 is 0. The van der Waals surface area contributed by atoms with Gasteiger partial charge in [-0.25, -0.2) is 9.78 Å².